The Balaban J connectivity index is 2.38. The van der Waals surface area contributed by atoms with Crippen molar-refractivity contribution in [2.45, 2.75) is 6.02 Å². The van der Waals surface area contributed by atoms with Gasteiger partial charge >= 0.3 is 0 Å². The lowest BCUT2D eigenvalue weighted by molar-refractivity contribution is 0.127. The lowest BCUT2D eigenvalue weighted by Gasteiger charge is -2.38. The first kappa shape index (κ1) is 5.69. The summed E-state index contributed by atoms with van der Waals surface area (Å²) < 4.78 is 106. The van der Waals surface area contributed by atoms with Crippen LogP contribution in [0.25, 0.3) is 0 Å². The first-order chi connectivity index (χ1) is 15.6. The molecule has 0 amide bonds. The predicted molar refractivity (Wildman–Crippen MR) is 88.8 cm³/mol. The Kier molecular flexibility index (Phi) is 1.79. The number of likely N-dealkylation sites (N-methyl/N-ethyl adjacent to an activating group) is 1. The highest BCUT2D eigenvalue weighted by molar-refractivity contribution is 6.30. The Hall–Kier alpha value is -1.35. The van der Waals surface area contributed by atoms with E-state index in [-0.39, 0.29) is 26.2 Å². The van der Waals surface area contributed by atoms with Gasteiger partial charge in [-0.1, -0.05) is 53.9 Å². The quantitative estimate of drug-likeness (QED) is 0.853. The van der Waals surface area contributed by atoms with Crippen molar-refractivity contribution < 1.29 is 17.8 Å². The molecule has 0 spiro atoms. The normalized spacial score (nSPS) is 29.5. The molecule has 21 heavy (non-hydrogen) atoms. The first-order valence-electron chi connectivity index (χ1n) is 12.9. The highest BCUT2D eigenvalue weighted by atomic mass is 35.5. The van der Waals surface area contributed by atoms with Crippen LogP contribution >= 0.6 is 11.6 Å². The molecule has 0 aliphatic carbocycles. The minimum Gasteiger partial charge on any atom is -0.304 e. The highest BCUT2D eigenvalue weighted by Gasteiger charge is 2.25. The molecule has 2 aromatic carbocycles. The maximum atomic E-state index is 9.46. The standard InChI is InChI=1S/C18H21ClN2/c1-20-11-13-21(14-12-20)18(15-5-3-2-4-6-15)16-7-9-17(19)10-8-16/h2-10,18H,11-14H2,1H3/i1D3,2D,3D,4D,5D,6D,7D,8D,9D,10D,18D. The molecule has 1 unspecified atom stereocenters. The molecule has 3 heteroatoms. The van der Waals surface area contributed by atoms with Crippen LogP contribution in [-0.2, 0) is 0 Å². The summed E-state index contributed by atoms with van der Waals surface area (Å²) in [5.74, 6) is 0. The maximum Gasteiger partial charge on any atom is 0.0639 e. The number of hydrogen-bond acceptors (Lipinski definition) is 2. The van der Waals surface area contributed by atoms with Crippen molar-refractivity contribution in [3.63, 3.8) is 0 Å². The number of rotatable bonds is 3. The molecule has 2 aromatic rings. The molecule has 1 aliphatic heterocycles. The number of nitrogens with zero attached hydrogens (tertiary/aromatic N) is 2. The Bertz CT molecular complexity index is 1010. The number of halogens is 1. The van der Waals surface area contributed by atoms with E-state index in [0.29, 0.717) is 0 Å². The van der Waals surface area contributed by atoms with Gasteiger partial charge in [0.15, 0.2) is 0 Å². The van der Waals surface area contributed by atoms with Gasteiger partial charge in [0.25, 0.3) is 0 Å². The Morgan fingerprint density at radius 2 is 1.62 bits per heavy atom. The molecule has 1 atom stereocenters. The number of hydrogen-bond donors (Lipinski definition) is 0. The van der Waals surface area contributed by atoms with Crippen LogP contribution in [0.5, 0.6) is 0 Å². The van der Waals surface area contributed by atoms with Crippen LogP contribution in [0.15, 0.2) is 54.4 Å². The zero-order valence-corrected chi connectivity index (χ0v) is 11.9. The fourth-order valence-electron chi connectivity index (χ4n) is 2.16. The van der Waals surface area contributed by atoms with Crippen LogP contribution in [0.3, 0.4) is 0 Å². The van der Waals surface area contributed by atoms with E-state index in [2.05, 4.69) is 0 Å². The summed E-state index contributed by atoms with van der Waals surface area (Å²) in [7, 11) is 0. The third kappa shape index (κ3) is 3.46. The zero-order valence-electron chi connectivity index (χ0n) is 24.1. The SMILES string of the molecule is [2H]c1c([2H])c([2H])c(C([2H])(c2c([2H])c([2H])c(Cl)c([2H])c2[2H])N2CCN(C([2H])([2H])[2H])CC2)c([2H])c1[2H]. The van der Waals surface area contributed by atoms with Crippen LogP contribution in [0, 0.1) is 0 Å². The average Bonchev–Trinajstić information content (AvgIpc) is 2.78. The van der Waals surface area contributed by atoms with Gasteiger partial charge in [-0.3, -0.25) is 4.90 Å². The third-order valence-electron chi connectivity index (χ3n) is 3.16. The largest absolute Gasteiger partial charge is 0.304 e. The second-order valence-corrected chi connectivity index (χ2v) is 4.89. The lowest BCUT2D eigenvalue weighted by atomic mass is 9.96. The fraction of sp³-hybridized carbons (Fsp3) is 0.333. The Morgan fingerprint density at radius 3 is 2.24 bits per heavy atom. The maximum absolute atomic E-state index is 9.46. The summed E-state index contributed by atoms with van der Waals surface area (Å²) in [6, 6.07) is -8.72. The van der Waals surface area contributed by atoms with E-state index >= 15 is 0 Å². The number of benzene rings is 2. The third-order valence-corrected chi connectivity index (χ3v) is 3.35. The summed E-state index contributed by atoms with van der Waals surface area (Å²) in [6.07, 6.45) is 0. The first-order valence-corrected chi connectivity index (χ1v) is 6.78. The van der Waals surface area contributed by atoms with Gasteiger partial charge in [0.2, 0.25) is 0 Å². The van der Waals surface area contributed by atoms with Gasteiger partial charge in [-0.05, 0) is 30.2 Å². The molecule has 0 aromatic heterocycles. The van der Waals surface area contributed by atoms with Crippen LogP contribution in [0.2, 0.25) is 5.02 Å². The molecule has 1 saturated heterocycles. The Morgan fingerprint density at radius 1 is 1.00 bits per heavy atom. The van der Waals surface area contributed by atoms with Gasteiger partial charge in [-0.15, -0.1) is 0 Å². The van der Waals surface area contributed by atoms with E-state index < -0.39 is 83.5 Å². The Labute approximate surface area is 150 Å². The van der Waals surface area contributed by atoms with Gasteiger partial charge in [-0.25, -0.2) is 0 Å². The van der Waals surface area contributed by atoms with Crippen LogP contribution < -0.4 is 0 Å². The minimum absolute atomic E-state index is 0.0640. The molecule has 3 rings (SSSR count). The number of piperazine rings is 1. The summed E-state index contributed by atoms with van der Waals surface area (Å²) in [5.41, 5.74) is -1.09. The highest BCUT2D eigenvalue weighted by Crippen LogP contribution is 2.30. The van der Waals surface area contributed by atoms with Crippen molar-refractivity contribution in [1.82, 2.24) is 9.80 Å². The average molecular weight is 314 g/mol. The fourth-order valence-corrected chi connectivity index (χ4v) is 2.25. The smallest absolute Gasteiger partial charge is 0.0639 e. The minimum atomic E-state index is -2.47. The molecule has 1 heterocycles. The second kappa shape index (κ2) is 6.61. The van der Waals surface area contributed by atoms with Crippen molar-refractivity contribution >= 4 is 11.6 Å². The van der Waals surface area contributed by atoms with Gasteiger partial charge < -0.3 is 4.90 Å². The molecule has 2 nitrogen and oxygen atoms in total. The summed E-state index contributed by atoms with van der Waals surface area (Å²) >= 11 is 5.93. The van der Waals surface area contributed by atoms with E-state index in [1.807, 2.05) is 0 Å². The molecular weight excluding hydrogens is 280 g/mol. The molecule has 1 aliphatic rings. The van der Waals surface area contributed by atoms with Crippen LogP contribution in [0.4, 0.5) is 0 Å². The molecule has 0 bridgehead atoms. The summed E-state index contributed by atoms with van der Waals surface area (Å²) in [4.78, 5) is 2.49. The molecule has 0 N–H and O–H groups in total. The van der Waals surface area contributed by atoms with Crippen molar-refractivity contribution in [3.05, 3.63) is 70.5 Å². The molecule has 0 saturated carbocycles. The van der Waals surface area contributed by atoms with Gasteiger partial charge in [-0.2, -0.15) is 0 Å². The molecular formula is C18H21ClN2. The zero-order chi connectivity index (χ0) is 25.9. The predicted octanol–water partition coefficient (Wildman–Crippen LogP) is 3.68. The molecule has 110 valence electrons. The van der Waals surface area contributed by atoms with Gasteiger partial charge in [0.1, 0.15) is 0 Å². The van der Waals surface area contributed by atoms with E-state index in [9.17, 15) is 1.37 Å². The topological polar surface area (TPSA) is 6.48 Å². The van der Waals surface area contributed by atoms with E-state index in [1.54, 1.807) is 0 Å². The summed E-state index contributed by atoms with van der Waals surface area (Å²) in [5, 5.41) is -0.477. The van der Waals surface area contributed by atoms with Gasteiger partial charge in [0, 0.05) is 35.3 Å². The van der Waals surface area contributed by atoms with Crippen molar-refractivity contribution in [3.8, 4) is 0 Å². The van der Waals surface area contributed by atoms with Crippen molar-refractivity contribution in [2.24, 2.45) is 0 Å². The summed E-state index contributed by atoms with van der Waals surface area (Å²) in [6.45, 7) is -2.77. The van der Waals surface area contributed by atoms with Crippen LogP contribution in [0.1, 0.15) is 35.0 Å². The van der Waals surface area contributed by atoms with E-state index in [0.717, 1.165) is 0 Å². The van der Waals surface area contributed by atoms with Crippen LogP contribution in [-0.4, -0.2) is 43.0 Å². The van der Waals surface area contributed by atoms with Crippen molar-refractivity contribution in [1.29, 1.82) is 0 Å². The monoisotopic (exact) mass is 313 g/mol. The molecule has 0 radical (unpaired) electrons. The lowest BCUT2D eigenvalue weighted by Crippen LogP contribution is -2.46. The van der Waals surface area contributed by atoms with E-state index in [4.69, 9.17) is 28.1 Å². The van der Waals surface area contributed by atoms with Gasteiger partial charge in [0.05, 0.1) is 19.7 Å². The van der Waals surface area contributed by atoms with Crippen molar-refractivity contribution in [2.75, 3.05) is 33.2 Å². The second-order valence-electron chi connectivity index (χ2n) is 4.51. The van der Waals surface area contributed by atoms with E-state index in [1.165, 1.54) is 9.80 Å². The molecule has 1 fully saturated rings.